The van der Waals surface area contributed by atoms with Crippen molar-refractivity contribution in [2.45, 2.75) is 71.6 Å². The summed E-state index contributed by atoms with van der Waals surface area (Å²) in [5.41, 5.74) is -0.383. The fourth-order valence-corrected chi connectivity index (χ4v) is 1.97. The Bertz CT molecular complexity index is 250. The quantitative estimate of drug-likeness (QED) is 0.779. The molecule has 0 aromatic carbocycles. The van der Waals surface area contributed by atoms with E-state index in [-0.39, 0.29) is 23.7 Å². The van der Waals surface area contributed by atoms with E-state index in [2.05, 4.69) is 0 Å². The third kappa shape index (κ3) is 4.82. The van der Waals surface area contributed by atoms with Crippen LogP contribution in [0.4, 0.5) is 4.39 Å². The summed E-state index contributed by atoms with van der Waals surface area (Å²) in [6.45, 7) is 12.4. The maximum atomic E-state index is 14.3. The number of rotatable bonds is 4. The smallest absolute Gasteiger partial charge is 0.134 e. The van der Waals surface area contributed by atoms with Gasteiger partial charge in [-0.2, -0.15) is 0 Å². The van der Waals surface area contributed by atoms with Crippen LogP contribution < -0.4 is 0 Å². The van der Waals surface area contributed by atoms with E-state index in [4.69, 9.17) is 14.2 Å². The van der Waals surface area contributed by atoms with Gasteiger partial charge >= 0.3 is 0 Å². The van der Waals surface area contributed by atoms with Crippen molar-refractivity contribution in [2.75, 3.05) is 13.2 Å². The van der Waals surface area contributed by atoms with Crippen molar-refractivity contribution >= 4 is 0 Å². The molecule has 0 saturated carbocycles. The first-order valence-electron chi connectivity index (χ1n) is 6.76. The minimum Gasteiger partial charge on any atom is -0.376 e. The van der Waals surface area contributed by atoms with Crippen LogP contribution in [-0.4, -0.2) is 43.3 Å². The van der Waals surface area contributed by atoms with Crippen LogP contribution in [0.15, 0.2) is 0 Å². The van der Waals surface area contributed by atoms with E-state index < -0.39 is 12.3 Å². The molecular formula is C14H27FO3. The molecule has 0 radical (unpaired) electrons. The normalized spacial score (nSPS) is 34.0. The van der Waals surface area contributed by atoms with Gasteiger partial charge in [-0.3, -0.25) is 0 Å². The van der Waals surface area contributed by atoms with Gasteiger partial charge in [0.2, 0.25) is 0 Å². The Morgan fingerprint density at radius 2 is 1.94 bits per heavy atom. The highest BCUT2D eigenvalue weighted by Gasteiger charge is 2.41. The maximum Gasteiger partial charge on any atom is 0.134 e. The minimum atomic E-state index is -1.00. The Labute approximate surface area is 110 Å². The van der Waals surface area contributed by atoms with Crippen LogP contribution in [0.25, 0.3) is 0 Å². The highest BCUT2D eigenvalue weighted by molar-refractivity contribution is 4.88. The van der Waals surface area contributed by atoms with Gasteiger partial charge < -0.3 is 14.2 Å². The lowest BCUT2D eigenvalue weighted by atomic mass is 9.94. The molecule has 3 nitrogen and oxygen atoms in total. The average molecular weight is 262 g/mol. The standard InChI is InChI=1S/C14H27FO3/c1-9(2)16-8-11-13(18-14(4,5)6)12(15)10(3)7-17-11/h9-13H,7-8H2,1-6H3/t10-,11-,12+,13-/m1/s1. The van der Waals surface area contributed by atoms with Gasteiger partial charge in [0.1, 0.15) is 18.4 Å². The van der Waals surface area contributed by atoms with E-state index in [0.29, 0.717) is 13.2 Å². The summed E-state index contributed by atoms with van der Waals surface area (Å²) in [6, 6.07) is 0. The summed E-state index contributed by atoms with van der Waals surface area (Å²) in [7, 11) is 0. The fourth-order valence-electron chi connectivity index (χ4n) is 1.97. The van der Waals surface area contributed by atoms with Gasteiger partial charge in [0, 0.05) is 5.92 Å². The van der Waals surface area contributed by atoms with Crippen LogP contribution in [0.3, 0.4) is 0 Å². The third-order valence-corrected chi connectivity index (χ3v) is 2.88. The average Bonchev–Trinajstić information content (AvgIpc) is 2.22. The van der Waals surface area contributed by atoms with Gasteiger partial charge in [-0.1, -0.05) is 6.92 Å². The molecule has 1 fully saturated rings. The molecule has 1 aliphatic heterocycles. The molecule has 0 aromatic heterocycles. The van der Waals surface area contributed by atoms with Crippen LogP contribution in [0, 0.1) is 5.92 Å². The number of ether oxygens (including phenoxy) is 3. The highest BCUT2D eigenvalue weighted by Crippen LogP contribution is 2.29. The van der Waals surface area contributed by atoms with E-state index in [1.54, 1.807) is 0 Å². The molecule has 0 aliphatic carbocycles. The molecule has 1 rings (SSSR count). The molecule has 0 unspecified atom stereocenters. The number of hydrogen-bond donors (Lipinski definition) is 0. The third-order valence-electron chi connectivity index (χ3n) is 2.88. The van der Waals surface area contributed by atoms with E-state index in [0.717, 1.165) is 0 Å². The molecule has 1 heterocycles. The molecular weight excluding hydrogens is 235 g/mol. The first-order valence-corrected chi connectivity index (χ1v) is 6.76. The van der Waals surface area contributed by atoms with Crippen LogP contribution in [0.1, 0.15) is 41.5 Å². The summed E-state index contributed by atoms with van der Waals surface area (Å²) in [6.07, 6.45) is -1.76. The second-order valence-corrected chi connectivity index (χ2v) is 6.37. The zero-order valence-corrected chi connectivity index (χ0v) is 12.4. The Hall–Kier alpha value is -0.190. The van der Waals surface area contributed by atoms with Crippen molar-refractivity contribution in [3.8, 4) is 0 Å². The summed E-state index contributed by atoms with van der Waals surface area (Å²) in [4.78, 5) is 0. The van der Waals surface area contributed by atoms with Crippen LogP contribution in [0.2, 0.25) is 0 Å². The molecule has 1 saturated heterocycles. The lowest BCUT2D eigenvalue weighted by molar-refractivity contribution is -0.210. The van der Waals surface area contributed by atoms with Crippen molar-refractivity contribution in [1.82, 2.24) is 0 Å². The first-order chi connectivity index (χ1) is 8.20. The largest absolute Gasteiger partial charge is 0.376 e. The van der Waals surface area contributed by atoms with Crippen molar-refractivity contribution in [3.05, 3.63) is 0 Å². The van der Waals surface area contributed by atoms with E-state index in [1.165, 1.54) is 0 Å². The molecule has 4 heteroatoms. The summed E-state index contributed by atoms with van der Waals surface area (Å²) >= 11 is 0. The van der Waals surface area contributed by atoms with Crippen molar-refractivity contribution in [3.63, 3.8) is 0 Å². The molecule has 0 N–H and O–H groups in total. The second-order valence-electron chi connectivity index (χ2n) is 6.37. The summed E-state index contributed by atoms with van der Waals surface area (Å²) < 4.78 is 31.3. The Morgan fingerprint density at radius 3 is 2.44 bits per heavy atom. The zero-order valence-electron chi connectivity index (χ0n) is 12.4. The summed E-state index contributed by atoms with van der Waals surface area (Å²) in [5, 5.41) is 0. The highest BCUT2D eigenvalue weighted by atomic mass is 19.1. The number of halogens is 1. The van der Waals surface area contributed by atoms with E-state index in [9.17, 15) is 4.39 Å². The van der Waals surface area contributed by atoms with Crippen molar-refractivity contribution in [2.24, 2.45) is 5.92 Å². The monoisotopic (exact) mass is 262 g/mol. The molecule has 0 aromatic rings. The lowest BCUT2D eigenvalue weighted by Gasteiger charge is -2.40. The van der Waals surface area contributed by atoms with Crippen molar-refractivity contribution < 1.29 is 18.6 Å². The predicted octanol–water partition coefficient (Wildman–Crippen LogP) is 2.97. The van der Waals surface area contributed by atoms with Crippen LogP contribution in [0.5, 0.6) is 0 Å². The van der Waals surface area contributed by atoms with Gasteiger partial charge in [0.05, 0.1) is 24.9 Å². The zero-order chi connectivity index (χ0) is 13.9. The topological polar surface area (TPSA) is 27.7 Å². The molecule has 1 aliphatic rings. The lowest BCUT2D eigenvalue weighted by Crippen LogP contribution is -2.53. The molecule has 18 heavy (non-hydrogen) atoms. The minimum absolute atomic E-state index is 0.112. The van der Waals surface area contributed by atoms with Gasteiger partial charge in [-0.25, -0.2) is 4.39 Å². The summed E-state index contributed by atoms with van der Waals surface area (Å²) in [5.74, 6) is -0.132. The van der Waals surface area contributed by atoms with Gasteiger partial charge in [0.15, 0.2) is 0 Å². The SMILES string of the molecule is CC(C)OC[C@H]1OC[C@@H](C)[C@H](F)[C@@H]1OC(C)(C)C. The van der Waals surface area contributed by atoms with Crippen LogP contribution in [-0.2, 0) is 14.2 Å². The Balaban J connectivity index is 2.66. The molecule has 0 spiro atoms. The van der Waals surface area contributed by atoms with E-state index in [1.807, 2.05) is 41.5 Å². The van der Waals surface area contributed by atoms with Crippen LogP contribution >= 0.6 is 0 Å². The van der Waals surface area contributed by atoms with Gasteiger partial charge in [-0.05, 0) is 34.6 Å². The molecule has 108 valence electrons. The van der Waals surface area contributed by atoms with E-state index >= 15 is 0 Å². The number of hydrogen-bond acceptors (Lipinski definition) is 3. The Morgan fingerprint density at radius 1 is 1.33 bits per heavy atom. The Kier molecular flexibility index (Phi) is 5.56. The molecule has 0 bridgehead atoms. The fraction of sp³-hybridized carbons (Fsp3) is 1.00. The predicted molar refractivity (Wildman–Crippen MR) is 69.5 cm³/mol. The van der Waals surface area contributed by atoms with Gasteiger partial charge in [-0.15, -0.1) is 0 Å². The molecule has 4 atom stereocenters. The molecule has 0 amide bonds. The second kappa shape index (κ2) is 6.31. The van der Waals surface area contributed by atoms with Gasteiger partial charge in [0.25, 0.3) is 0 Å². The van der Waals surface area contributed by atoms with Crippen molar-refractivity contribution in [1.29, 1.82) is 0 Å². The first kappa shape index (κ1) is 15.9. The number of alkyl halides is 1. The maximum absolute atomic E-state index is 14.3.